The highest BCUT2D eigenvalue weighted by Gasteiger charge is 2.25. The lowest BCUT2D eigenvalue weighted by molar-refractivity contribution is -0.131. The van der Waals surface area contributed by atoms with Crippen LogP contribution in [0, 0.1) is 22.7 Å². The quantitative estimate of drug-likeness (QED) is 0.631. The van der Waals surface area contributed by atoms with Crippen LogP contribution in [0.25, 0.3) is 0 Å². The highest BCUT2D eigenvalue weighted by Crippen LogP contribution is 2.21. The molecule has 28 heavy (non-hydrogen) atoms. The molecule has 8 heteroatoms. The molecule has 0 spiro atoms. The zero-order chi connectivity index (χ0) is 20.4. The Hall–Kier alpha value is -2.42. The summed E-state index contributed by atoms with van der Waals surface area (Å²) in [7, 11) is -3.45. The minimum atomic E-state index is -3.45. The van der Waals surface area contributed by atoms with Gasteiger partial charge in [-0.3, -0.25) is 4.79 Å². The van der Waals surface area contributed by atoms with Crippen LogP contribution in [0.4, 0.5) is 0 Å². The molecule has 0 N–H and O–H groups in total. The van der Waals surface area contributed by atoms with E-state index in [1.807, 2.05) is 12.1 Å². The van der Waals surface area contributed by atoms with E-state index in [1.54, 1.807) is 29.2 Å². The number of nitrogens with zero attached hydrogens (tertiary/aromatic N) is 4. The molecule has 2 rings (SSSR count). The van der Waals surface area contributed by atoms with E-state index >= 15 is 0 Å². The minimum absolute atomic E-state index is 0.101. The highest BCUT2D eigenvalue weighted by atomic mass is 32.2. The number of sulfonamides is 1. The van der Waals surface area contributed by atoms with Crippen molar-refractivity contribution in [3.8, 4) is 12.1 Å². The third-order valence-electron chi connectivity index (χ3n) is 4.84. The van der Waals surface area contributed by atoms with Crippen LogP contribution < -0.4 is 0 Å². The van der Waals surface area contributed by atoms with Gasteiger partial charge in [-0.25, -0.2) is 8.42 Å². The number of rotatable bonds is 9. The van der Waals surface area contributed by atoms with Gasteiger partial charge in [-0.05, 0) is 37.0 Å². The van der Waals surface area contributed by atoms with Crippen molar-refractivity contribution in [3.63, 3.8) is 0 Å². The van der Waals surface area contributed by atoms with E-state index in [9.17, 15) is 13.2 Å². The molecule has 1 aliphatic heterocycles. The van der Waals surface area contributed by atoms with Crippen molar-refractivity contribution in [2.24, 2.45) is 0 Å². The molecule has 1 heterocycles. The van der Waals surface area contributed by atoms with Gasteiger partial charge in [-0.15, -0.1) is 0 Å². The third-order valence-corrected chi connectivity index (χ3v) is 6.76. The van der Waals surface area contributed by atoms with Gasteiger partial charge in [0.2, 0.25) is 15.9 Å². The largest absolute Gasteiger partial charge is 0.341 e. The lowest BCUT2D eigenvalue weighted by Gasteiger charge is -2.25. The Bertz CT molecular complexity index is 814. The molecule has 0 aliphatic carbocycles. The van der Waals surface area contributed by atoms with Crippen LogP contribution in [0.15, 0.2) is 29.2 Å². The molecule has 1 aromatic rings. The number of amides is 1. The predicted octanol–water partition coefficient (Wildman–Crippen LogP) is 2.45. The van der Waals surface area contributed by atoms with Gasteiger partial charge in [-0.1, -0.05) is 18.6 Å². The van der Waals surface area contributed by atoms with Crippen LogP contribution in [0.1, 0.15) is 44.1 Å². The Labute approximate surface area is 167 Å². The number of carbonyl (C=O) groups excluding carboxylic acids is 1. The molecular weight excluding hydrogens is 376 g/mol. The van der Waals surface area contributed by atoms with E-state index in [2.05, 4.69) is 0 Å². The molecule has 0 bridgehead atoms. The molecule has 7 nitrogen and oxygen atoms in total. The van der Waals surface area contributed by atoms with Gasteiger partial charge in [0.15, 0.2) is 0 Å². The first-order valence-electron chi connectivity index (χ1n) is 9.60. The van der Waals surface area contributed by atoms with Crippen molar-refractivity contribution >= 4 is 15.9 Å². The number of carbonyl (C=O) groups is 1. The van der Waals surface area contributed by atoms with Gasteiger partial charge in [0.25, 0.3) is 0 Å². The third kappa shape index (κ3) is 6.05. The Morgan fingerprint density at radius 2 is 1.57 bits per heavy atom. The molecule has 0 atom stereocenters. The SMILES string of the molecule is N#CCCN(CCC#N)C(=O)CCc1ccc(S(=O)(=O)N2CCCCC2)cc1. The molecule has 1 amide bonds. The zero-order valence-electron chi connectivity index (χ0n) is 16.0. The van der Waals surface area contributed by atoms with Gasteiger partial charge < -0.3 is 4.90 Å². The summed E-state index contributed by atoms with van der Waals surface area (Å²) < 4.78 is 26.9. The maximum absolute atomic E-state index is 12.7. The Morgan fingerprint density at radius 1 is 1.00 bits per heavy atom. The van der Waals surface area contributed by atoms with E-state index in [0.717, 1.165) is 24.8 Å². The lowest BCUT2D eigenvalue weighted by Crippen LogP contribution is -2.35. The number of aryl methyl sites for hydroxylation is 1. The van der Waals surface area contributed by atoms with Gasteiger partial charge in [-0.2, -0.15) is 14.8 Å². The molecule has 1 fully saturated rings. The normalized spacial score (nSPS) is 14.8. The second kappa shape index (κ2) is 10.8. The van der Waals surface area contributed by atoms with E-state index in [-0.39, 0.29) is 30.1 Å². The number of hydrogen-bond acceptors (Lipinski definition) is 5. The van der Waals surface area contributed by atoms with E-state index in [0.29, 0.717) is 32.6 Å². The Balaban J connectivity index is 1.95. The first kappa shape index (κ1) is 21.9. The monoisotopic (exact) mass is 402 g/mol. The fourth-order valence-corrected chi connectivity index (χ4v) is 4.74. The van der Waals surface area contributed by atoms with Gasteiger partial charge in [0, 0.05) is 32.6 Å². The topological polar surface area (TPSA) is 105 Å². The Morgan fingerprint density at radius 3 is 2.11 bits per heavy atom. The number of piperidine rings is 1. The van der Waals surface area contributed by atoms with Crippen LogP contribution >= 0.6 is 0 Å². The highest BCUT2D eigenvalue weighted by molar-refractivity contribution is 7.89. The molecule has 0 radical (unpaired) electrons. The Kier molecular flexibility index (Phi) is 8.43. The summed E-state index contributed by atoms with van der Waals surface area (Å²) in [5.41, 5.74) is 0.881. The van der Waals surface area contributed by atoms with Crippen molar-refractivity contribution in [1.29, 1.82) is 10.5 Å². The molecule has 0 unspecified atom stereocenters. The maximum atomic E-state index is 12.7. The second-order valence-corrected chi connectivity index (χ2v) is 8.74. The van der Waals surface area contributed by atoms with Crippen molar-refractivity contribution in [2.45, 2.75) is 49.8 Å². The summed E-state index contributed by atoms with van der Waals surface area (Å²) >= 11 is 0. The van der Waals surface area contributed by atoms with Gasteiger partial charge in [0.1, 0.15) is 0 Å². The number of benzene rings is 1. The average molecular weight is 403 g/mol. The smallest absolute Gasteiger partial charge is 0.243 e. The van der Waals surface area contributed by atoms with E-state index < -0.39 is 10.0 Å². The van der Waals surface area contributed by atoms with Gasteiger partial charge >= 0.3 is 0 Å². The van der Waals surface area contributed by atoms with Crippen molar-refractivity contribution in [1.82, 2.24) is 9.21 Å². The molecule has 150 valence electrons. The van der Waals surface area contributed by atoms with E-state index in [1.165, 1.54) is 4.31 Å². The summed E-state index contributed by atoms with van der Waals surface area (Å²) in [6.07, 6.45) is 4.08. The summed E-state index contributed by atoms with van der Waals surface area (Å²) in [5.74, 6) is -0.101. The first-order valence-corrected chi connectivity index (χ1v) is 11.0. The average Bonchev–Trinajstić information content (AvgIpc) is 2.73. The summed E-state index contributed by atoms with van der Waals surface area (Å²) in [6.45, 7) is 1.79. The first-order chi connectivity index (χ1) is 13.5. The lowest BCUT2D eigenvalue weighted by atomic mass is 10.1. The van der Waals surface area contributed by atoms with Crippen LogP contribution in [0.3, 0.4) is 0 Å². The summed E-state index contributed by atoms with van der Waals surface area (Å²) in [6, 6.07) is 10.7. The van der Waals surface area contributed by atoms with Crippen molar-refractivity contribution < 1.29 is 13.2 Å². The minimum Gasteiger partial charge on any atom is -0.341 e. The summed E-state index contributed by atoms with van der Waals surface area (Å²) in [4.78, 5) is 14.2. The molecule has 1 saturated heterocycles. The number of hydrogen-bond donors (Lipinski definition) is 0. The molecule has 0 saturated carbocycles. The molecule has 1 aliphatic rings. The number of nitriles is 2. The van der Waals surface area contributed by atoms with Crippen LogP contribution in [-0.4, -0.2) is 49.7 Å². The zero-order valence-corrected chi connectivity index (χ0v) is 16.8. The maximum Gasteiger partial charge on any atom is 0.243 e. The van der Waals surface area contributed by atoms with Crippen LogP contribution in [0.5, 0.6) is 0 Å². The van der Waals surface area contributed by atoms with Gasteiger partial charge in [0.05, 0.1) is 29.9 Å². The standard InChI is InChI=1S/C20H26N4O3S/c21-12-4-14-23(15-5-13-22)20(25)11-8-18-6-9-19(10-7-18)28(26,27)24-16-2-1-3-17-24/h6-7,9-10H,1-5,8,11,14-17H2. The van der Waals surface area contributed by atoms with Crippen LogP contribution in [-0.2, 0) is 21.2 Å². The van der Waals surface area contributed by atoms with Crippen molar-refractivity contribution in [2.75, 3.05) is 26.2 Å². The van der Waals surface area contributed by atoms with Crippen LogP contribution in [0.2, 0.25) is 0 Å². The molecular formula is C20H26N4O3S. The molecule has 1 aromatic carbocycles. The second-order valence-electron chi connectivity index (χ2n) is 6.81. The fraction of sp³-hybridized carbons (Fsp3) is 0.550. The predicted molar refractivity (Wildman–Crippen MR) is 104 cm³/mol. The molecule has 0 aromatic heterocycles. The van der Waals surface area contributed by atoms with E-state index in [4.69, 9.17) is 10.5 Å². The van der Waals surface area contributed by atoms with Crippen molar-refractivity contribution in [3.05, 3.63) is 29.8 Å². The summed E-state index contributed by atoms with van der Waals surface area (Å²) in [5, 5.41) is 17.4. The fourth-order valence-electron chi connectivity index (χ4n) is 3.22.